The van der Waals surface area contributed by atoms with Crippen LogP contribution in [0.1, 0.15) is 21.7 Å². The first-order chi connectivity index (χ1) is 14.5. The molecule has 0 saturated heterocycles. The van der Waals surface area contributed by atoms with Crippen molar-refractivity contribution in [3.8, 4) is 0 Å². The molecule has 1 N–H and O–H groups in total. The molecule has 6 nitrogen and oxygen atoms in total. The second-order valence-electron chi connectivity index (χ2n) is 7.03. The number of nitrogens with zero attached hydrogens (tertiary/aromatic N) is 3. The average Bonchev–Trinajstić information content (AvgIpc) is 3.09. The lowest BCUT2D eigenvalue weighted by molar-refractivity contribution is -0.130. The number of benzene rings is 2. The summed E-state index contributed by atoms with van der Waals surface area (Å²) >= 11 is 0. The minimum atomic E-state index is -0.181. The Kier molecular flexibility index (Phi) is 6.80. The SMILES string of the molecule is C=CCN(CC=C)C(=O)Cn1c(CNC(=O)c2ccc(C)cc2)nc2ccccc21. The maximum absolute atomic E-state index is 12.9. The summed E-state index contributed by atoms with van der Waals surface area (Å²) in [7, 11) is 0. The first kappa shape index (κ1) is 21.0. The number of rotatable bonds is 9. The van der Waals surface area contributed by atoms with Gasteiger partial charge in [0.05, 0.1) is 17.6 Å². The first-order valence-corrected chi connectivity index (χ1v) is 9.82. The number of hydrogen-bond acceptors (Lipinski definition) is 3. The number of carbonyl (C=O) groups excluding carboxylic acids is 2. The van der Waals surface area contributed by atoms with Crippen LogP contribution in [0.2, 0.25) is 0 Å². The molecule has 3 aromatic rings. The standard InChI is InChI=1S/C24H26N4O2/c1-4-14-27(15-5-2)23(29)17-28-21-9-7-6-8-20(21)26-22(28)16-25-24(30)19-12-10-18(3)11-13-19/h4-13H,1-2,14-17H2,3H3,(H,25,30). The van der Waals surface area contributed by atoms with Crippen molar-refractivity contribution in [2.45, 2.75) is 20.0 Å². The minimum absolute atomic E-state index is 0.0657. The molecular weight excluding hydrogens is 376 g/mol. The number of amides is 2. The van der Waals surface area contributed by atoms with Crippen LogP contribution in [0.3, 0.4) is 0 Å². The zero-order valence-electron chi connectivity index (χ0n) is 17.2. The van der Waals surface area contributed by atoms with Gasteiger partial charge in [-0.3, -0.25) is 9.59 Å². The molecule has 2 aromatic carbocycles. The summed E-state index contributed by atoms with van der Waals surface area (Å²) in [6, 6.07) is 15.0. The van der Waals surface area contributed by atoms with Crippen molar-refractivity contribution in [2.75, 3.05) is 13.1 Å². The third-order valence-electron chi connectivity index (χ3n) is 4.80. The van der Waals surface area contributed by atoms with Crippen molar-refractivity contribution < 1.29 is 9.59 Å². The highest BCUT2D eigenvalue weighted by Gasteiger charge is 2.17. The van der Waals surface area contributed by atoms with E-state index in [1.807, 2.05) is 47.9 Å². The molecular formula is C24H26N4O2. The monoisotopic (exact) mass is 402 g/mol. The van der Waals surface area contributed by atoms with Crippen molar-refractivity contribution in [3.05, 3.63) is 90.8 Å². The number of hydrogen-bond donors (Lipinski definition) is 1. The summed E-state index contributed by atoms with van der Waals surface area (Å²) < 4.78 is 1.85. The van der Waals surface area contributed by atoms with Crippen molar-refractivity contribution in [1.82, 2.24) is 19.8 Å². The molecule has 0 unspecified atom stereocenters. The van der Waals surface area contributed by atoms with E-state index in [2.05, 4.69) is 23.5 Å². The molecule has 0 bridgehead atoms. The zero-order valence-corrected chi connectivity index (χ0v) is 17.2. The zero-order chi connectivity index (χ0) is 21.5. The molecule has 0 atom stereocenters. The Balaban J connectivity index is 1.83. The number of aryl methyl sites for hydroxylation is 1. The highest BCUT2D eigenvalue weighted by molar-refractivity contribution is 5.94. The summed E-state index contributed by atoms with van der Waals surface area (Å²) in [5.74, 6) is 0.381. The molecule has 0 spiro atoms. The van der Waals surface area contributed by atoms with Gasteiger partial charge in [0.15, 0.2) is 0 Å². The van der Waals surface area contributed by atoms with Crippen LogP contribution < -0.4 is 5.32 Å². The molecule has 6 heteroatoms. The molecule has 2 amide bonds. The highest BCUT2D eigenvalue weighted by Crippen LogP contribution is 2.17. The number of para-hydroxylation sites is 2. The highest BCUT2D eigenvalue weighted by atomic mass is 16.2. The van der Waals surface area contributed by atoms with Gasteiger partial charge >= 0.3 is 0 Å². The lowest BCUT2D eigenvalue weighted by atomic mass is 10.1. The lowest BCUT2D eigenvalue weighted by Gasteiger charge is -2.20. The van der Waals surface area contributed by atoms with Crippen molar-refractivity contribution in [3.63, 3.8) is 0 Å². The first-order valence-electron chi connectivity index (χ1n) is 9.82. The molecule has 0 aliphatic carbocycles. The fraction of sp³-hybridized carbons (Fsp3) is 0.208. The van der Waals surface area contributed by atoms with Crippen LogP contribution in [0.5, 0.6) is 0 Å². The number of imidazole rings is 1. The summed E-state index contributed by atoms with van der Waals surface area (Å²) in [5.41, 5.74) is 3.31. The van der Waals surface area contributed by atoms with Crippen LogP contribution in [-0.4, -0.2) is 39.4 Å². The Morgan fingerprint density at radius 1 is 1.07 bits per heavy atom. The molecule has 0 fully saturated rings. The molecule has 3 rings (SSSR count). The molecule has 1 aromatic heterocycles. The van der Waals surface area contributed by atoms with Gasteiger partial charge in [0.2, 0.25) is 5.91 Å². The number of fused-ring (bicyclic) bond motifs is 1. The normalized spacial score (nSPS) is 10.6. The van der Waals surface area contributed by atoms with Gasteiger partial charge in [-0.25, -0.2) is 4.98 Å². The third kappa shape index (κ3) is 4.84. The summed E-state index contributed by atoms with van der Waals surface area (Å²) in [6.45, 7) is 10.6. The maximum atomic E-state index is 12.9. The Morgan fingerprint density at radius 3 is 2.40 bits per heavy atom. The molecule has 154 valence electrons. The molecule has 0 saturated carbocycles. The number of carbonyl (C=O) groups is 2. The van der Waals surface area contributed by atoms with Crippen molar-refractivity contribution in [1.29, 1.82) is 0 Å². The van der Waals surface area contributed by atoms with Gasteiger partial charge in [0.25, 0.3) is 5.91 Å². The van der Waals surface area contributed by atoms with Crippen LogP contribution in [-0.2, 0) is 17.9 Å². The predicted octanol–water partition coefficient (Wildman–Crippen LogP) is 3.48. The molecule has 0 aliphatic heterocycles. The fourth-order valence-electron chi connectivity index (χ4n) is 3.23. The van der Waals surface area contributed by atoms with Crippen LogP contribution in [0, 0.1) is 6.92 Å². The van der Waals surface area contributed by atoms with Gasteiger partial charge in [-0.05, 0) is 31.2 Å². The van der Waals surface area contributed by atoms with E-state index < -0.39 is 0 Å². The topological polar surface area (TPSA) is 67.2 Å². The van der Waals surface area contributed by atoms with Crippen LogP contribution in [0.15, 0.2) is 73.8 Å². The summed E-state index contributed by atoms with van der Waals surface area (Å²) in [5, 5.41) is 2.91. The van der Waals surface area contributed by atoms with E-state index in [-0.39, 0.29) is 24.9 Å². The van der Waals surface area contributed by atoms with Gasteiger partial charge < -0.3 is 14.8 Å². The Hall–Kier alpha value is -3.67. The van der Waals surface area contributed by atoms with Crippen LogP contribution in [0.4, 0.5) is 0 Å². The molecule has 0 aliphatic rings. The van der Waals surface area contributed by atoms with Crippen LogP contribution in [0.25, 0.3) is 11.0 Å². The fourth-order valence-corrected chi connectivity index (χ4v) is 3.23. The summed E-state index contributed by atoms with van der Waals surface area (Å²) in [4.78, 5) is 31.7. The van der Waals surface area contributed by atoms with Gasteiger partial charge in [-0.15, -0.1) is 13.2 Å². The Labute approximate surface area is 176 Å². The Morgan fingerprint density at radius 2 is 1.73 bits per heavy atom. The van der Waals surface area contributed by atoms with E-state index in [4.69, 9.17) is 0 Å². The third-order valence-corrected chi connectivity index (χ3v) is 4.80. The molecule has 0 radical (unpaired) electrons. The van der Waals surface area contributed by atoms with Gasteiger partial charge in [-0.2, -0.15) is 0 Å². The number of aromatic nitrogens is 2. The largest absolute Gasteiger partial charge is 0.345 e. The van der Waals surface area contributed by atoms with Gasteiger partial charge in [-0.1, -0.05) is 42.0 Å². The Bertz CT molecular complexity index is 1060. The average molecular weight is 402 g/mol. The van der Waals surface area contributed by atoms with Crippen molar-refractivity contribution >= 4 is 22.8 Å². The minimum Gasteiger partial charge on any atom is -0.345 e. The van der Waals surface area contributed by atoms with E-state index in [0.717, 1.165) is 16.6 Å². The van der Waals surface area contributed by atoms with Crippen LogP contribution >= 0.6 is 0 Å². The van der Waals surface area contributed by atoms with Crippen molar-refractivity contribution in [2.24, 2.45) is 0 Å². The predicted molar refractivity (Wildman–Crippen MR) is 119 cm³/mol. The van der Waals surface area contributed by atoms with E-state index >= 15 is 0 Å². The second kappa shape index (κ2) is 9.69. The quantitative estimate of drug-likeness (QED) is 0.557. The lowest BCUT2D eigenvalue weighted by Crippen LogP contribution is -2.35. The van der Waals surface area contributed by atoms with E-state index in [1.54, 1.807) is 29.2 Å². The molecule has 30 heavy (non-hydrogen) atoms. The van der Waals surface area contributed by atoms with E-state index in [9.17, 15) is 9.59 Å². The van der Waals surface area contributed by atoms with E-state index in [1.165, 1.54) is 0 Å². The summed E-state index contributed by atoms with van der Waals surface area (Å²) in [6.07, 6.45) is 3.38. The van der Waals surface area contributed by atoms with Gasteiger partial charge in [0, 0.05) is 18.7 Å². The molecule has 1 heterocycles. The second-order valence-corrected chi connectivity index (χ2v) is 7.03. The maximum Gasteiger partial charge on any atom is 0.251 e. The number of nitrogens with one attached hydrogen (secondary N) is 1. The van der Waals surface area contributed by atoms with E-state index in [0.29, 0.717) is 24.5 Å². The smallest absolute Gasteiger partial charge is 0.251 e. The van der Waals surface area contributed by atoms with Gasteiger partial charge in [0.1, 0.15) is 12.4 Å².